The van der Waals surface area contributed by atoms with E-state index in [-0.39, 0.29) is 11.3 Å². The summed E-state index contributed by atoms with van der Waals surface area (Å²) in [6.07, 6.45) is 1.46. The number of hydrogen-bond acceptors (Lipinski definition) is 4. The van der Waals surface area contributed by atoms with Crippen molar-refractivity contribution in [2.75, 3.05) is 0 Å². The summed E-state index contributed by atoms with van der Waals surface area (Å²) < 4.78 is 0. The molecule has 106 valence electrons. The molecule has 0 aliphatic rings. The predicted molar refractivity (Wildman–Crippen MR) is 81.2 cm³/mol. The zero-order chi connectivity index (χ0) is 14.8. The molecule has 0 aromatic carbocycles. The molecule has 0 unspecified atom stereocenters. The minimum atomic E-state index is -0.179. The second kappa shape index (κ2) is 5.89. The molecule has 2 rings (SSSR count). The summed E-state index contributed by atoms with van der Waals surface area (Å²) in [6, 6.07) is 3.24. The Morgan fingerprint density at radius 1 is 1.40 bits per heavy atom. The summed E-state index contributed by atoms with van der Waals surface area (Å²) in [5, 5.41) is 6.12. The molecule has 4 nitrogen and oxygen atoms in total. The van der Waals surface area contributed by atoms with Gasteiger partial charge in [0.2, 0.25) is 0 Å². The van der Waals surface area contributed by atoms with E-state index >= 15 is 0 Å². The van der Waals surface area contributed by atoms with Crippen molar-refractivity contribution in [1.29, 1.82) is 0 Å². The molecule has 20 heavy (non-hydrogen) atoms. The van der Waals surface area contributed by atoms with Gasteiger partial charge in [0.1, 0.15) is 10.2 Å². The van der Waals surface area contributed by atoms with Crippen molar-refractivity contribution >= 4 is 28.8 Å². The van der Waals surface area contributed by atoms with Crippen LogP contribution in [-0.2, 0) is 12.0 Å². The first-order chi connectivity index (χ1) is 9.36. The lowest BCUT2D eigenvalue weighted by molar-refractivity contribution is 0.0950. The number of carbonyl (C=O) groups excluding carboxylic acids is 1. The molecule has 0 aliphatic carbocycles. The lowest BCUT2D eigenvalue weighted by atomic mass is 9.93. The third kappa shape index (κ3) is 3.77. The van der Waals surface area contributed by atoms with Gasteiger partial charge in [-0.2, -0.15) is 0 Å². The van der Waals surface area contributed by atoms with Crippen molar-refractivity contribution in [3.05, 3.63) is 45.1 Å². The van der Waals surface area contributed by atoms with Gasteiger partial charge in [-0.3, -0.25) is 4.79 Å². The van der Waals surface area contributed by atoms with E-state index in [1.54, 1.807) is 23.5 Å². The van der Waals surface area contributed by atoms with E-state index in [2.05, 4.69) is 36.1 Å². The van der Waals surface area contributed by atoms with Crippen molar-refractivity contribution < 1.29 is 4.79 Å². The molecule has 0 fully saturated rings. The summed E-state index contributed by atoms with van der Waals surface area (Å²) in [4.78, 5) is 20.3. The number of halogens is 1. The smallest absolute Gasteiger partial charge is 0.253 e. The first kappa shape index (κ1) is 14.9. The van der Waals surface area contributed by atoms with Crippen LogP contribution in [0.3, 0.4) is 0 Å². The maximum Gasteiger partial charge on any atom is 0.253 e. The van der Waals surface area contributed by atoms with Crippen molar-refractivity contribution in [3.8, 4) is 0 Å². The van der Waals surface area contributed by atoms with Gasteiger partial charge in [0, 0.05) is 17.0 Å². The minimum absolute atomic E-state index is 0.0266. The number of nitrogens with zero attached hydrogens (tertiary/aromatic N) is 2. The third-order valence-electron chi connectivity index (χ3n) is 2.71. The highest BCUT2D eigenvalue weighted by atomic mass is 35.5. The molecule has 2 aromatic heterocycles. The van der Waals surface area contributed by atoms with Crippen LogP contribution in [0.1, 0.15) is 41.8 Å². The lowest BCUT2D eigenvalue weighted by Crippen LogP contribution is -2.23. The molecule has 0 saturated heterocycles. The van der Waals surface area contributed by atoms with Crippen molar-refractivity contribution in [2.45, 2.75) is 32.7 Å². The van der Waals surface area contributed by atoms with Gasteiger partial charge in [-0.25, -0.2) is 9.97 Å². The number of carbonyl (C=O) groups is 1. The van der Waals surface area contributed by atoms with Gasteiger partial charge in [-0.05, 0) is 12.1 Å². The molecule has 2 aromatic rings. The average molecular weight is 310 g/mol. The van der Waals surface area contributed by atoms with Crippen LogP contribution >= 0.6 is 22.9 Å². The van der Waals surface area contributed by atoms with Gasteiger partial charge in [0.15, 0.2) is 0 Å². The average Bonchev–Trinajstić information content (AvgIpc) is 2.85. The third-order valence-corrected chi connectivity index (χ3v) is 3.78. The van der Waals surface area contributed by atoms with Crippen LogP contribution in [0.25, 0.3) is 0 Å². The topological polar surface area (TPSA) is 54.9 Å². The Balaban J connectivity index is 1.97. The standard InChI is InChI=1S/C14H16ClN3OS/c1-14(2,3)10-8-20-12(18-10)7-17-13(19)9-4-5-11(15)16-6-9/h4-6,8H,7H2,1-3H3,(H,17,19). The van der Waals surface area contributed by atoms with Crippen LogP contribution in [0.5, 0.6) is 0 Å². The Hall–Kier alpha value is -1.46. The van der Waals surface area contributed by atoms with Crippen LogP contribution in [0, 0.1) is 0 Å². The van der Waals surface area contributed by atoms with Gasteiger partial charge in [0.25, 0.3) is 5.91 Å². The van der Waals surface area contributed by atoms with E-state index in [9.17, 15) is 4.79 Å². The first-order valence-electron chi connectivity index (χ1n) is 6.21. The molecule has 0 aliphatic heterocycles. The van der Waals surface area contributed by atoms with Crippen molar-refractivity contribution in [1.82, 2.24) is 15.3 Å². The van der Waals surface area contributed by atoms with Crippen molar-refractivity contribution in [3.63, 3.8) is 0 Å². The number of hydrogen-bond donors (Lipinski definition) is 1. The summed E-state index contributed by atoms with van der Waals surface area (Å²) in [5.74, 6) is -0.179. The monoisotopic (exact) mass is 309 g/mol. The number of pyridine rings is 1. The maximum absolute atomic E-state index is 11.9. The van der Waals surface area contributed by atoms with E-state index in [1.807, 2.05) is 5.38 Å². The second-order valence-electron chi connectivity index (χ2n) is 5.43. The molecule has 1 amide bonds. The normalized spacial score (nSPS) is 11.4. The van der Waals surface area contributed by atoms with Crippen LogP contribution in [-0.4, -0.2) is 15.9 Å². The Morgan fingerprint density at radius 2 is 2.15 bits per heavy atom. The van der Waals surface area contributed by atoms with Crippen molar-refractivity contribution in [2.24, 2.45) is 0 Å². The molecule has 0 radical (unpaired) electrons. The highest BCUT2D eigenvalue weighted by molar-refractivity contribution is 7.09. The number of rotatable bonds is 3. The molecule has 0 saturated carbocycles. The molecular formula is C14H16ClN3OS. The van der Waals surface area contributed by atoms with Crippen LogP contribution in [0.2, 0.25) is 5.15 Å². The fraction of sp³-hybridized carbons (Fsp3) is 0.357. The fourth-order valence-corrected chi connectivity index (χ4v) is 2.58. The van der Waals surface area contributed by atoms with E-state index in [0.29, 0.717) is 17.3 Å². The van der Waals surface area contributed by atoms with E-state index in [0.717, 1.165) is 10.7 Å². The summed E-state index contributed by atoms with van der Waals surface area (Å²) in [7, 11) is 0. The lowest BCUT2D eigenvalue weighted by Gasteiger charge is -2.14. The molecule has 6 heteroatoms. The van der Waals surface area contributed by atoms with Gasteiger partial charge >= 0.3 is 0 Å². The molecule has 0 bridgehead atoms. The van der Waals surface area contributed by atoms with E-state index in [1.165, 1.54) is 6.20 Å². The zero-order valence-electron chi connectivity index (χ0n) is 11.6. The van der Waals surface area contributed by atoms with E-state index < -0.39 is 0 Å². The molecular weight excluding hydrogens is 294 g/mol. The fourth-order valence-electron chi connectivity index (χ4n) is 1.50. The predicted octanol–water partition coefficient (Wildman–Crippen LogP) is 3.42. The molecule has 0 atom stereocenters. The largest absolute Gasteiger partial charge is 0.345 e. The number of aromatic nitrogens is 2. The number of amides is 1. The summed E-state index contributed by atoms with van der Waals surface area (Å²) in [5.41, 5.74) is 1.56. The molecule has 0 spiro atoms. The Bertz CT molecular complexity index is 602. The Kier molecular flexibility index (Phi) is 4.40. The highest BCUT2D eigenvalue weighted by Crippen LogP contribution is 2.23. The SMILES string of the molecule is CC(C)(C)c1csc(CNC(=O)c2ccc(Cl)nc2)n1. The molecule has 1 N–H and O–H groups in total. The van der Waals surface area contributed by atoms with E-state index in [4.69, 9.17) is 11.6 Å². The van der Waals surface area contributed by atoms with Gasteiger partial charge in [-0.1, -0.05) is 32.4 Å². The zero-order valence-corrected chi connectivity index (χ0v) is 13.2. The molecule has 2 heterocycles. The van der Waals surface area contributed by atoms with Crippen LogP contribution < -0.4 is 5.32 Å². The number of nitrogens with one attached hydrogen (secondary N) is 1. The Labute approximate surface area is 127 Å². The quantitative estimate of drug-likeness (QED) is 0.884. The highest BCUT2D eigenvalue weighted by Gasteiger charge is 2.17. The summed E-state index contributed by atoms with van der Waals surface area (Å²) >= 11 is 7.24. The Morgan fingerprint density at radius 3 is 2.70 bits per heavy atom. The van der Waals surface area contributed by atoms with Crippen LogP contribution in [0.15, 0.2) is 23.7 Å². The maximum atomic E-state index is 11.9. The van der Waals surface area contributed by atoms with Gasteiger partial charge in [-0.15, -0.1) is 11.3 Å². The summed E-state index contributed by atoms with van der Waals surface area (Å²) in [6.45, 7) is 6.76. The van der Waals surface area contributed by atoms with Crippen LogP contribution in [0.4, 0.5) is 0 Å². The first-order valence-corrected chi connectivity index (χ1v) is 7.46. The second-order valence-corrected chi connectivity index (χ2v) is 6.76. The minimum Gasteiger partial charge on any atom is -0.345 e. The number of thiazole rings is 1. The van der Waals surface area contributed by atoms with Gasteiger partial charge < -0.3 is 5.32 Å². The van der Waals surface area contributed by atoms with Gasteiger partial charge in [0.05, 0.1) is 17.8 Å².